The first-order chi connectivity index (χ1) is 9.31. The lowest BCUT2D eigenvalue weighted by Gasteiger charge is -1.95. The van der Waals surface area contributed by atoms with E-state index in [-0.39, 0.29) is 5.56 Å². The van der Waals surface area contributed by atoms with E-state index in [0.29, 0.717) is 12.2 Å². The molecule has 0 unspecified atom stereocenters. The molecule has 1 aromatic carbocycles. The highest BCUT2D eigenvalue weighted by Gasteiger charge is 2.06. The quantitative estimate of drug-likeness (QED) is 0.745. The summed E-state index contributed by atoms with van der Waals surface area (Å²) in [5, 5.41) is 7.07. The highest BCUT2D eigenvalue weighted by atomic mass is 16.1. The lowest BCUT2D eigenvalue weighted by molar-refractivity contribution is 0.972. The van der Waals surface area contributed by atoms with Crippen LogP contribution in [0.25, 0.3) is 11.4 Å². The van der Waals surface area contributed by atoms with Crippen molar-refractivity contribution in [3.63, 3.8) is 0 Å². The smallest absolute Gasteiger partial charge is 0.247 e. The molecule has 0 bridgehead atoms. The molecule has 94 valence electrons. The predicted molar refractivity (Wildman–Crippen MR) is 71.7 cm³/mol. The van der Waals surface area contributed by atoms with Crippen LogP contribution in [0.4, 0.5) is 0 Å². The molecular weight excluding hydrogens is 240 g/mol. The summed E-state index contributed by atoms with van der Waals surface area (Å²) in [6, 6.07) is 13.2. The third-order valence-corrected chi connectivity index (χ3v) is 2.79. The number of hydrogen-bond acceptors (Lipinski definition) is 3. The summed E-state index contributed by atoms with van der Waals surface area (Å²) < 4.78 is 0. The number of H-pyrrole nitrogens is 2. The number of aromatic amines is 2. The predicted octanol–water partition coefficient (Wildman–Crippen LogP) is 1.75. The number of nitrogens with zero attached hydrogens (tertiary/aromatic N) is 2. The fraction of sp³-hybridized carbons (Fsp3) is 0.0714. The second kappa shape index (κ2) is 4.89. The standard InChI is InChI=1S/C14H12N4O/c19-13-7-6-11(9-15-13)14-16-12(17-18-14)8-10-4-2-1-3-5-10/h1-7,9H,8H2,(H,15,19)(H,16,17,18). The van der Waals surface area contributed by atoms with Gasteiger partial charge in [-0.25, -0.2) is 4.98 Å². The van der Waals surface area contributed by atoms with Gasteiger partial charge in [0.2, 0.25) is 5.56 Å². The third-order valence-electron chi connectivity index (χ3n) is 2.79. The van der Waals surface area contributed by atoms with Gasteiger partial charge in [-0.2, -0.15) is 5.10 Å². The summed E-state index contributed by atoms with van der Waals surface area (Å²) in [7, 11) is 0. The average Bonchev–Trinajstić information content (AvgIpc) is 2.89. The summed E-state index contributed by atoms with van der Waals surface area (Å²) in [6.45, 7) is 0. The SMILES string of the molecule is O=c1ccc(-c2n[nH]c(Cc3ccccc3)n2)c[nH]1. The van der Waals surface area contributed by atoms with Gasteiger partial charge in [0.15, 0.2) is 5.82 Å². The van der Waals surface area contributed by atoms with Gasteiger partial charge in [0.05, 0.1) is 0 Å². The molecular formula is C14H12N4O. The molecule has 5 nitrogen and oxygen atoms in total. The van der Waals surface area contributed by atoms with Crippen LogP contribution in [0.5, 0.6) is 0 Å². The number of pyridine rings is 1. The molecule has 0 atom stereocenters. The monoisotopic (exact) mass is 252 g/mol. The van der Waals surface area contributed by atoms with Crippen molar-refractivity contribution >= 4 is 0 Å². The number of hydrogen-bond donors (Lipinski definition) is 2. The van der Waals surface area contributed by atoms with Crippen LogP contribution in [0.2, 0.25) is 0 Å². The van der Waals surface area contributed by atoms with E-state index in [1.165, 1.54) is 11.6 Å². The second-order valence-corrected chi connectivity index (χ2v) is 4.21. The molecule has 0 saturated carbocycles. The van der Waals surface area contributed by atoms with Gasteiger partial charge in [-0.05, 0) is 11.6 Å². The molecule has 0 saturated heterocycles. The van der Waals surface area contributed by atoms with Crippen molar-refractivity contribution in [2.24, 2.45) is 0 Å². The minimum Gasteiger partial charge on any atom is -0.328 e. The molecule has 0 aliphatic rings. The molecule has 0 aliphatic heterocycles. The molecule has 19 heavy (non-hydrogen) atoms. The minimum absolute atomic E-state index is 0.135. The number of aromatic nitrogens is 4. The van der Waals surface area contributed by atoms with Crippen LogP contribution < -0.4 is 5.56 Å². The maximum absolute atomic E-state index is 11.0. The molecule has 0 radical (unpaired) electrons. The highest BCUT2D eigenvalue weighted by molar-refractivity contribution is 5.52. The minimum atomic E-state index is -0.135. The summed E-state index contributed by atoms with van der Waals surface area (Å²) >= 11 is 0. The van der Waals surface area contributed by atoms with Crippen LogP contribution in [-0.4, -0.2) is 20.2 Å². The normalized spacial score (nSPS) is 10.5. The topological polar surface area (TPSA) is 74.4 Å². The first kappa shape index (κ1) is 11.4. The molecule has 2 aromatic heterocycles. The zero-order valence-electron chi connectivity index (χ0n) is 10.1. The fourth-order valence-electron chi connectivity index (χ4n) is 1.84. The number of benzene rings is 1. The van der Waals surface area contributed by atoms with Gasteiger partial charge in [-0.3, -0.25) is 9.89 Å². The Morgan fingerprint density at radius 2 is 1.89 bits per heavy atom. The van der Waals surface area contributed by atoms with Crippen molar-refractivity contribution in [2.45, 2.75) is 6.42 Å². The second-order valence-electron chi connectivity index (χ2n) is 4.21. The molecule has 3 rings (SSSR count). The van der Waals surface area contributed by atoms with Crippen LogP contribution >= 0.6 is 0 Å². The van der Waals surface area contributed by atoms with Gasteiger partial charge in [0, 0.05) is 24.2 Å². The van der Waals surface area contributed by atoms with Crippen LogP contribution in [-0.2, 0) is 6.42 Å². The van der Waals surface area contributed by atoms with E-state index in [1.54, 1.807) is 12.3 Å². The van der Waals surface area contributed by atoms with Gasteiger partial charge in [0.1, 0.15) is 5.82 Å². The summed E-state index contributed by atoms with van der Waals surface area (Å²) in [5.41, 5.74) is 1.82. The Morgan fingerprint density at radius 3 is 2.63 bits per heavy atom. The van der Waals surface area contributed by atoms with Crippen molar-refractivity contribution in [1.29, 1.82) is 0 Å². The fourth-order valence-corrected chi connectivity index (χ4v) is 1.84. The van der Waals surface area contributed by atoms with Gasteiger partial charge >= 0.3 is 0 Å². The molecule has 2 heterocycles. The van der Waals surface area contributed by atoms with Crippen LogP contribution in [0, 0.1) is 0 Å². The third kappa shape index (κ3) is 2.60. The first-order valence-corrected chi connectivity index (χ1v) is 5.95. The molecule has 0 spiro atoms. The zero-order valence-corrected chi connectivity index (χ0v) is 10.1. The molecule has 5 heteroatoms. The molecule has 3 aromatic rings. The average molecular weight is 252 g/mol. The van der Waals surface area contributed by atoms with Gasteiger partial charge in [0.25, 0.3) is 0 Å². The summed E-state index contributed by atoms with van der Waals surface area (Å²) in [5.74, 6) is 1.38. The molecule has 0 amide bonds. The Hall–Kier alpha value is -2.69. The summed E-state index contributed by atoms with van der Waals surface area (Å²) in [6.07, 6.45) is 2.31. The van der Waals surface area contributed by atoms with E-state index in [0.717, 1.165) is 11.4 Å². The Morgan fingerprint density at radius 1 is 1.05 bits per heavy atom. The van der Waals surface area contributed by atoms with Crippen molar-refractivity contribution in [2.75, 3.05) is 0 Å². The Bertz CT molecular complexity index is 710. The maximum atomic E-state index is 11.0. The van der Waals surface area contributed by atoms with Crippen LogP contribution in [0.1, 0.15) is 11.4 Å². The first-order valence-electron chi connectivity index (χ1n) is 5.95. The van der Waals surface area contributed by atoms with Crippen molar-refractivity contribution in [3.8, 4) is 11.4 Å². The largest absolute Gasteiger partial charge is 0.328 e. The van der Waals surface area contributed by atoms with Crippen LogP contribution in [0.3, 0.4) is 0 Å². The van der Waals surface area contributed by atoms with E-state index in [2.05, 4.69) is 20.2 Å². The lowest BCUT2D eigenvalue weighted by Crippen LogP contribution is -2.01. The highest BCUT2D eigenvalue weighted by Crippen LogP contribution is 2.13. The Labute approximate surface area is 109 Å². The van der Waals surface area contributed by atoms with E-state index in [9.17, 15) is 4.79 Å². The number of nitrogens with one attached hydrogen (secondary N) is 2. The molecule has 0 fully saturated rings. The van der Waals surface area contributed by atoms with Crippen LogP contribution in [0.15, 0.2) is 53.5 Å². The van der Waals surface area contributed by atoms with Gasteiger partial charge in [-0.1, -0.05) is 30.3 Å². The van der Waals surface area contributed by atoms with E-state index in [1.807, 2.05) is 30.3 Å². The zero-order chi connectivity index (χ0) is 13.1. The molecule has 0 aliphatic carbocycles. The maximum Gasteiger partial charge on any atom is 0.247 e. The van der Waals surface area contributed by atoms with Crippen molar-refractivity contribution in [3.05, 3.63) is 70.4 Å². The van der Waals surface area contributed by atoms with Crippen molar-refractivity contribution < 1.29 is 0 Å². The Balaban J connectivity index is 1.83. The lowest BCUT2D eigenvalue weighted by atomic mass is 10.1. The van der Waals surface area contributed by atoms with Gasteiger partial charge in [-0.15, -0.1) is 0 Å². The van der Waals surface area contributed by atoms with E-state index in [4.69, 9.17) is 0 Å². The van der Waals surface area contributed by atoms with Crippen molar-refractivity contribution in [1.82, 2.24) is 20.2 Å². The van der Waals surface area contributed by atoms with Gasteiger partial charge < -0.3 is 4.98 Å². The Kier molecular flexibility index (Phi) is 2.94. The van der Waals surface area contributed by atoms with E-state index >= 15 is 0 Å². The number of rotatable bonds is 3. The summed E-state index contributed by atoms with van der Waals surface area (Å²) in [4.78, 5) is 18.0. The van der Waals surface area contributed by atoms with E-state index < -0.39 is 0 Å². The molecule has 2 N–H and O–H groups in total.